The molecule has 3 rings (SSSR count). The number of nitrogens with zero attached hydrogens (tertiary/aromatic N) is 2. The zero-order chi connectivity index (χ0) is 17.8. The molecule has 1 atom stereocenters. The van der Waals surface area contributed by atoms with E-state index in [-0.39, 0.29) is 11.4 Å². The summed E-state index contributed by atoms with van der Waals surface area (Å²) in [6.07, 6.45) is 3.00. The van der Waals surface area contributed by atoms with E-state index in [2.05, 4.69) is 28.7 Å². The van der Waals surface area contributed by atoms with Crippen LogP contribution in [-0.4, -0.2) is 16.9 Å². The van der Waals surface area contributed by atoms with Crippen LogP contribution in [0.2, 0.25) is 0 Å². The highest BCUT2D eigenvalue weighted by Crippen LogP contribution is 2.26. The Balaban J connectivity index is 1.66. The second-order valence-electron chi connectivity index (χ2n) is 6.15. The molecule has 1 N–H and O–H groups in total. The lowest BCUT2D eigenvalue weighted by Gasteiger charge is -2.15. The smallest absolute Gasteiger partial charge is 0.311 e. The van der Waals surface area contributed by atoms with Gasteiger partial charge in [0, 0.05) is 6.07 Å². The lowest BCUT2D eigenvalue weighted by molar-refractivity contribution is -0.386. The van der Waals surface area contributed by atoms with Gasteiger partial charge in [-0.3, -0.25) is 15.5 Å². The number of aryl methyl sites for hydroxylation is 2. The Morgan fingerprint density at radius 3 is 2.80 bits per heavy atom. The molecular weight excluding hydrogens is 318 g/mol. The Hall–Kier alpha value is -2.89. The van der Waals surface area contributed by atoms with Crippen molar-refractivity contribution in [2.75, 3.05) is 0 Å². The summed E-state index contributed by atoms with van der Waals surface area (Å²) in [5.41, 5.74) is 7.60. The molecule has 0 bridgehead atoms. The van der Waals surface area contributed by atoms with Crippen molar-refractivity contribution in [2.45, 2.75) is 39.3 Å². The van der Waals surface area contributed by atoms with Gasteiger partial charge >= 0.3 is 5.69 Å². The number of hydrogen-bond acceptors (Lipinski definition) is 5. The predicted molar refractivity (Wildman–Crippen MR) is 97.0 cm³/mol. The lowest BCUT2D eigenvalue weighted by Crippen LogP contribution is -2.28. The second kappa shape index (κ2) is 7.34. The standard InChI is InChI=1S/C19H21N3O3/c1-13(16-11-10-15-6-5-7-17(15)12-16)20-21-14(2)25-19-9-4-3-8-18(19)22(23)24/h3-4,8-12,14,21H,5-7H2,1-2H3/b20-13-/t14-/m0/s1. The van der Waals surface area contributed by atoms with Crippen molar-refractivity contribution in [2.24, 2.45) is 5.10 Å². The van der Waals surface area contributed by atoms with E-state index in [4.69, 9.17) is 4.74 Å². The number of ether oxygens (including phenoxy) is 1. The molecule has 0 unspecified atom stereocenters. The fraction of sp³-hybridized carbons (Fsp3) is 0.316. The van der Waals surface area contributed by atoms with Crippen LogP contribution in [0.15, 0.2) is 47.6 Å². The van der Waals surface area contributed by atoms with Crippen LogP contribution in [0.25, 0.3) is 0 Å². The van der Waals surface area contributed by atoms with Crippen LogP contribution in [-0.2, 0) is 12.8 Å². The average Bonchev–Trinajstić information content (AvgIpc) is 3.07. The van der Waals surface area contributed by atoms with Gasteiger partial charge < -0.3 is 4.74 Å². The van der Waals surface area contributed by atoms with Crippen LogP contribution in [0.4, 0.5) is 5.69 Å². The van der Waals surface area contributed by atoms with Gasteiger partial charge in [0.05, 0.1) is 10.6 Å². The molecule has 0 fully saturated rings. The van der Waals surface area contributed by atoms with Crippen LogP contribution < -0.4 is 10.2 Å². The number of nitro benzene ring substituents is 1. The van der Waals surface area contributed by atoms with Crippen molar-refractivity contribution >= 4 is 11.4 Å². The van der Waals surface area contributed by atoms with Gasteiger partial charge in [-0.15, -0.1) is 0 Å². The first-order valence-electron chi connectivity index (χ1n) is 8.36. The molecule has 1 aliphatic rings. The van der Waals surface area contributed by atoms with Gasteiger partial charge in [-0.25, -0.2) is 0 Å². The SMILES string of the molecule is C/C(=N/N[C@H](C)Oc1ccccc1[N+](=O)[O-])c1ccc2c(c1)CCC2. The third-order valence-electron chi connectivity index (χ3n) is 4.30. The van der Waals surface area contributed by atoms with Crippen LogP contribution in [0.5, 0.6) is 5.75 Å². The molecule has 0 amide bonds. The molecule has 0 heterocycles. The molecule has 25 heavy (non-hydrogen) atoms. The van der Waals surface area contributed by atoms with Crippen molar-refractivity contribution in [3.8, 4) is 5.75 Å². The number of benzene rings is 2. The first-order valence-corrected chi connectivity index (χ1v) is 8.36. The fourth-order valence-electron chi connectivity index (χ4n) is 2.97. The van der Waals surface area contributed by atoms with Crippen LogP contribution in [0.3, 0.4) is 0 Å². The highest BCUT2D eigenvalue weighted by atomic mass is 16.6. The number of nitrogens with one attached hydrogen (secondary N) is 1. The molecule has 0 saturated heterocycles. The second-order valence-corrected chi connectivity index (χ2v) is 6.15. The van der Waals surface area contributed by atoms with Crippen molar-refractivity contribution in [1.29, 1.82) is 0 Å². The van der Waals surface area contributed by atoms with E-state index >= 15 is 0 Å². The summed E-state index contributed by atoms with van der Waals surface area (Å²) >= 11 is 0. The number of para-hydroxylation sites is 2. The van der Waals surface area contributed by atoms with Gasteiger partial charge in [0.2, 0.25) is 0 Å². The number of hydrogen-bond donors (Lipinski definition) is 1. The minimum Gasteiger partial charge on any atom is -0.462 e. The van der Waals surface area contributed by atoms with Gasteiger partial charge in [-0.05, 0) is 61.9 Å². The maximum Gasteiger partial charge on any atom is 0.311 e. The summed E-state index contributed by atoms with van der Waals surface area (Å²) in [5.74, 6) is 0.220. The minimum absolute atomic E-state index is 0.0597. The number of nitro groups is 1. The molecular formula is C19H21N3O3. The van der Waals surface area contributed by atoms with Crippen LogP contribution >= 0.6 is 0 Å². The summed E-state index contributed by atoms with van der Waals surface area (Å²) in [7, 11) is 0. The first kappa shape index (κ1) is 17.0. The summed E-state index contributed by atoms with van der Waals surface area (Å²) in [6.45, 7) is 3.69. The van der Waals surface area contributed by atoms with E-state index < -0.39 is 11.2 Å². The van der Waals surface area contributed by atoms with Gasteiger partial charge in [0.1, 0.15) is 0 Å². The van der Waals surface area contributed by atoms with E-state index in [0.717, 1.165) is 24.1 Å². The van der Waals surface area contributed by atoms with Gasteiger partial charge in [0.15, 0.2) is 12.0 Å². The Kier molecular flexibility index (Phi) is 4.97. The summed E-state index contributed by atoms with van der Waals surface area (Å²) in [4.78, 5) is 10.6. The third-order valence-corrected chi connectivity index (χ3v) is 4.30. The molecule has 6 heteroatoms. The van der Waals surface area contributed by atoms with Gasteiger partial charge in [-0.2, -0.15) is 5.10 Å². The Bertz CT molecular complexity index is 817. The summed E-state index contributed by atoms with van der Waals surface area (Å²) < 4.78 is 5.61. The molecule has 0 saturated carbocycles. The average molecular weight is 339 g/mol. The van der Waals surface area contributed by atoms with E-state index in [1.165, 1.54) is 23.6 Å². The van der Waals surface area contributed by atoms with E-state index in [0.29, 0.717) is 0 Å². The molecule has 2 aromatic rings. The fourth-order valence-corrected chi connectivity index (χ4v) is 2.97. The predicted octanol–water partition coefficient (Wildman–Crippen LogP) is 3.82. The van der Waals surface area contributed by atoms with Crippen molar-refractivity contribution in [1.82, 2.24) is 5.43 Å². The molecule has 0 radical (unpaired) electrons. The van der Waals surface area contributed by atoms with E-state index in [9.17, 15) is 10.1 Å². The highest BCUT2D eigenvalue weighted by Gasteiger charge is 2.16. The van der Waals surface area contributed by atoms with Gasteiger partial charge in [-0.1, -0.05) is 24.3 Å². The van der Waals surface area contributed by atoms with Crippen molar-refractivity contribution in [3.63, 3.8) is 0 Å². The van der Waals surface area contributed by atoms with Crippen molar-refractivity contribution in [3.05, 3.63) is 69.3 Å². The monoisotopic (exact) mass is 339 g/mol. The molecule has 0 aliphatic heterocycles. The Labute approximate surface area is 146 Å². The lowest BCUT2D eigenvalue weighted by atomic mass is 10.0. The zero-order valence-corrected chi connectivity index (χ0v) is 14.4. The van der Waals surface area contributed by atoms with Crippen molar-refractivity contribution < 1.29 is 9.66 Å². The summed E-state index contributed by atoms with van der Waals surface area (Å²) in [5, 5.41) is 15.4. The van der Waals surface area contributed by atoms with E-state index in [1.807, 2.05) is 6.92 Å². The zero-order valence-electron chi connectivity index (χ0n) is 14.4. The van der Waals surface area contributed by atoms with E-state index in [1.54, 1.807) is 25.1 Å². The number of hydrazone groups is 1. The Morgan fingerprint density at radius 2 is 2.00 bits per heavy atom. The Morgan fingerprint density at radius 1 is 1.24 bits per heavy atom. The third kappa shape index (κ3) is 3.96. The highest BCUT2D eigenvalue weighted by molar-refractivity contribution is 5.98. The molecule has 6 nitrogen and oxygen atoms in total. The van der Waals surface area contributed by atoms with Gasteiger partial charge in [0.25, 0.3) is 0 Å². The summed E-state index contributed by atoms with van der Waals surface area (Å²) in [6, 6.07) is 12.8. The number of fused-ring (bicyclic) bond motifs is 1. The maximum atomic E-state index is 11.0. The van der Waals surface area contributed by atoms with Crippen LogP contribution in [0, 0.1) is 10.1 Å². The quantitative estimate of drug-likeness (QED) is 0.376. The molecule has 0 spiro atoms. The topological polar surface area (TPSA) is 76.8 Å². The first-order chi connectivity index (χ1) is 12.0. The molecule has 130 valence electrons. The molecule has 0 aromatic heterocycles. The van der Waals surface area contributed by atoms with Crippen LogP contribution in [0.1, 0.15) is 37.0 Å². The molecule has 1 aliphatic carbocycles. The largest absolute Gasteiger partial charge is 0.462 e. The maximum absolute atomic E-state index is 11.0. The minimum atomic E-state index is -0.495. The normalized spacial score (nSPS) is 14.7. The molecule has 2 aromatic carbocycles. The number of rotatable bonds is 6.